The minimum atomic E-state index is 0.651. The van der Waals surface area contributed by atoms with Crippen molar-refractivity contribution in [1.29, 1.82) is 0 Å². The molecule has 0 unspecified atom stereocenters. The van der Waals surface area contributed by atoms with E-state index in [0.29, 0.717) is 23.9 Å². The van der Waals surface area contributed by atoms with Crippen LogP contribution >= 0.6 is 11.8 Å². The molecule has 2 aromatic carbocycles. The van der Waals surface area contributed by atoms with Gasteiger partial charge < -0.3 is 18.8 Å². The van der Waals surface area contributed by atoms with Crippen molar-refractivity contribution in [2.75, 3.05) is 27.9 Å². The molecule has 4 rings (SSSR count). The van der Waals surface area contributed by atoms with Crippen LogP contribution in [0.15, 0.2) is 47.6 Å². The number of nitrogens with zero attached hydrogens (tertiary/aromatic N) is 5. The number of fused-ring (bicyclic) bond motifs is 1. The first kappa shape index (κ1) is 23.0. The van der Waals surface area contributed by atoms with E-state index >= 15 is 0 Å². The summed E-state index contributed by atoms with van der Waals surface area (Å²) in [7, 11) is 4.95. The first-order valence-corrected chi connectivity index (χ1v) is 11.6. The average Bonchev–Trinajstić information content (AvgIpc) is 3.25. The Hall–Kier alpha value is -3.17. The predicted octanol–water partition coefficient (Wildman–Crippen LogP) is 4.54. The normalized spacial score (nSPS) is 11.2. The molecule has 172 valence electrons. The molecule has 2 aromatic heterocycles. The van der Waals surface area contributed by atoms with Gasteiger partial charge in [-0.15, -0.1) is 10.2 Å². The van der Waals surface area contributed by atoms with Crippen LogP contribution in [0.25, 0.3) is 22.4 Å². The Kier molecular flexibility index (Phi) is 7.41. The number of benzene rings is 2. The predicted molar refractivity (Wildman–Crippen MR) is 129 cm³/mol. The highest BCUT2D eigenvalue weighted by atomic mass is 32.2. The average molecular weight is 466 g/mol. The maximum atomic E-state index is 5.47. The van der Waals surface area contributed by atoms with Crippen molar-refractivity contribution < 1.29 is 14.2 Å². The lowest BCUT2D eigenvalue weighted by Gasteiger charge is -2.12. The zero-order chi connectivity index (χ0) is 23.2. The Morgan fingerprint density at radius 3 is 2.39 bits per heavy atom. The van der Waals surface area contributed by atoms with Crippen molar-refractivity contribution in [3.63, 3.8) is 0 Å². The minimum Gasteiger partial charge on any atom is -0.493 e. The fraction of sp³-hybridized carbons (Fsp3) is 0.333. The van der Waals surface area contributed by atoms with Crippen molar-refractivity contribution in [1.82, 2.24) is 24.7 Å². The van der Waals surface area contributed by atoms with Crippen LogP contribution in [0.2, 0.25) is 0 Å². The lowest BCUT2D eigenvalue weighted by molar-refractivity contribution is 0.189. The van der Waals surface area contributed by atoms with E-state index in [1.807, 2.05) is 49.4 Å². The molecule has 0 saturated carbocycles. The summed E-state index contributed by atoms with van der Waals surface area (Å²) >= 11 is 1.60. The quantitative estimate of drug-likeness (QED) is 0.249. The lowest BCUT2D eigenvalue weighted by atomic mass is 10.2. The van der Waals surface area contributed by atoms with Crippen LogP contribution in [0.4, 0.5) is 0 Å². The Bertz CT molecular complexity index is 1240. The summed E-state index contributed by atoms with van der Waals surface area (Å²) in [4.78, 5) is 9.51. The fourth-order valence-corrected chi connectivity index (χ4v) is 4.52. The Morgan fingerprint density at radius 2 is 1.67 bits per heavy atom. The van der Waals surface area contributed by atoms with Crippen molar-refractivity contribution in [3.8, 4) is 22.9 Å². The number of aryl methyl sites for hydroxylation is 1. The van der Waals surface area contributed by atoms with Crippen molar-refractivity contribution in [3.05, 3.63) is 53.9 Å². The van der Waals surface area contributed by atoms with Gasteiger partial charge in [0, 0.05) is 31.6 Å². The molecule has 4 aromatic rings. The maximum absolute atomic E-state index is 5.47. The van der Waals surface area contributed by atoms with Gasteiger partial charge in [0.15, 0.2) is 22.5 Å². The molecule has 0 saturated heterocycles. The molecule has 2 heterocycles. The number of para-hydroxylation sites is 2. The van der Waals surface area contributed by atoms with Gasteiger partial charge in [-0.1, -0.05) is 23.9 Å². The zero-order valence-corrected chi connectivity index (χ0v) is 20.1. The van der Waals surface area contributed by atoms with E-state index in [1.54, 1.807) is 33.1 Å². The zero-order valence-electron chi connectivity index (χ0n) is 19.2. The van der Waals surface area contributed by atoms with E-state index in [4.69, 9.17) is 24.2 Å². The van der Waals surface area contributed by atoms with Crippen LogP contribution in [0.5, 0.6) is 11.5 Å². The Morgan fingerprint density at radius 1 is 0.909 bits per heavy atom. The van der Waals surface area contributed by atoms with E-state index in [9.17, 15) is 0 Å². The second kappa shape index (κ2) is 10.6. The number of ether oxygens (including phenoxy) is 3. The molecule has 33 heavy (non-hydrogen) atoms. The van der Waals surface area contributed by atoms with Gasteiger partial charge in [-0.25, -0.2) is 9.97 Å². The number of hydrogen-bond acceptors (Lipinski definition) is 8. The van der Waals surface area contributed by atoms with E-state index < -0.39 is 0 Å². The molecule has 0 aliphatic carbocycles. The van der Waals surface area contributed by atoms with Gasteiger partial charge in [-0.05, 0) is 43.7 Å². The standard InChI is InChI=1S/C24H27N5O3S/c1-16-20(26-19-9-6-5-8-18(19)25-16)15-33-24-28-27-23(29(24)12-7-13-30-2)17-10-11-21(31-3)22(14-17)32-4/h5-6,8-11,14H,7,12-13,15H2,1-4H3. The monoisotopic (exact) mass is 465 g/mol. The first-order valence-electron chi connectivity index (χ1n) is 10.6. The highest BCUT2D eigenvalue weighted by Gasteiger charge is 2.17. The van der Waals surface area contributed by atoms with Crippen molar-refractivity contribution >= 4 is 22.8 Å². The van der Waals surface area contributed by atoms with E-state index in [-0.39, 0.29) is 0 Å². The Labute approximate surface area is 197 Å². The molecule has 9 heteroatoms. The molecule has 0 fully saturated rings. The van der Waals surface area contributed by atoms with Crippen LogP contribution in [0.1, 0.15) is 17.8 Å². The van der Waals surface area contributed by atoms with E-state index in [0.717, 1.165) is 51.9 Å². The lowest BCUT2D eigenvalue weighted by Crippen LogP contribution is -2.06. The van der Waals surface area contributed by atoms with Crippen LogP contribution in [0, 0.1) is 6.92 Å². The van der Waals surface area contributed by atoms with Gasteiger partial charge >= 0.3 is 0 Å². The van der Waals surface area contributed by atoms with Gasteiger partial charge in [0.2, 0.25) is 0 Å². The molecular weight excluding hydrogens is 438 g/mol. The topological polar surface area (TPSA) is 84.2 Å². The third kappa shape index (κ3) is 5.09. The van der Waals surface area contributed by atoms with Crippen LogP contribution in [0.3, 0.4) is 0 Å². The highest BCUT2D eigenvalue weighted by molar-refractivity contribution is 7.98. The summed E-state index contributed by atoms with van der Waals surface area (Å²) in [5, 5.41) is 9.82. The van der Waals surface area contributed by atoms with Crippen LogP contribution < -0.4 is 9.47 Å². The molecule has 0 N–H and O–H groups in total. The first-order chi connectivity index (χ1) is 16.1. The Balaban J connectivity index is 1.63. The number of rotatable bonds is 10. The molecule has 0 bridgehead atoms. The molecule has 0 atom stereocenters. The van der Waals surface area contributed by atoms with Crippen molar-refractivity contribution in [2.24, 2.45) is 0 Å². The minimum absolute atomic E-state index is 0.651. The summed E-state index contributed by atoms with van der Waals surface area (Å²) in [6, 6.07) is 13.7. The van der Waals surface area contributed by atoms with Crippen molar-refractivity contribution in [2.45, 2.75) is 30.8 Å². The summed E-state index contributed by atoms with van der Waals surface area (Å²) < 4.78 is 18.2. The smallest absolute Gasteiger partial charge is 0.191 e. The third-order valence-electron chi connectivity index (χ3n) is 5.27. The molecule has 0 amide bonds. The maximum Gasteiger partial charge on any atom is 0.191 e. The van der Waals surface area contributed by atoms with Gasteiger partial charge in [-0.3, -0.25) is 0 Å². The third-order valence-corrected chi connectivity index (χ3v) is 6.25. The van der Waals surface area contributed by atoms with Crippen LogP contribution in [-0.2, 0) is 17.0 Å². The second-order valence-corrected chi connectivity index (χ2v) is 8.35. The number of aromatic nitrogens is 5. The molecular formula is C24H27N5O3S. The van der Waals surface area contributed by atoms with E-state index in [2.05, 4.69) is 14.8 Å². The fourth-order valence-electron chi connectivity index (χ4n) is 3.55. The van der Waals surface area contributed by atoms with Gasteiger partial charge in [0.1, 0.15) is 0 Å². The van der Waals surface area contributed by atoms with Gasteiger partial charge in [0.25, 0.3) is 0 Å². The molecule has 0 aliphatic rings. The summed E-state index contributed by atoms with van der Waals surface area (Å²) in [5.41, 5.74) is 4.57. The molecule has 8 nitrogen and oxygen atoms in total. The van der Waals surface area contributed by atoms with Gasteiger partial charge in [-0.2, -0.15) is 0 Å². The number of hydrogen-bond donors (Lipinski definition) is 0. The molecule has 0 spiro atoms. The molecule has 0 aliphatic heterocycles. The van der Waals surface area contributed by atoms with E-state index in [1.165, 1.54) is 0 Å². The van der Waals surface area contributed by atoms with Gasteiger partial charge in [0.05, 0.1) is 36.6 Å². The second-order valence-electron chi connectivity index (χ2n) is 7.41. The molecule has 0 radical (unpaired) electrons. The van der Waals surface area contributed by atoms with Crippen LogP contribution in [-0.4, -0.2) is 52.7 Å². The summed E-state index contributed by atoms with van der Waals surface area (Å²) in [6.45, 7) is 3.38. The highest BCUT2D eigenvalue weighted by Crippen LogP contribution is 2.33. The SMILES string of the molecule is COCCCn1c(SCc2nc3ccccc3nc2C)nnc1-c1ccc(OC)c(OC)c1. The number of methoxy groups -OCH3 is 3. The number of thioether (sulfide) groups is 1. The summed E-state index contributed by atoms with van der Waals surface area (Å²) in [6.07, 6.45) is 0.844. The summed E-state index contributed by atoms with van der Waals surface area (Å²) in [5.74, 6) is 2.75. The largest absolute Gasteiger partial charge is 0.493 e.